The predicted octanol–water partition coefficient (Wildman–Crippen LogP) is 1.65. The van der Waals surface area contributed by atoms with Crippen LogP contribution < -0.4 is 0 Å². The number of carboxylic acid groups (broad SMARTS) is 1. The fraction of sp³-hybridized carbons (Fsp3) is 0. The van der Waals surface area contributed by atoms with Crippen LogP contribution >= 0.6 is 0 Å². The van der Waals surface area contributed by atoms with Gasteiger partial charge in [-0.2, -0.15) is 4.39 Å². The first-order valence-corrected chi connectivity index (χ1v) is 3.16. The van der Waals surface area contributed by atoms with E-state index in [9.17, 15) is 22.4 Å². The van der Waals surface area contributed by atoms with Gasteiger partial charge in [0.25, 0.3) is 0 Å². The lowest BCUT2D eigenvalue weighted by molar-refractivity contribution is 0.0683. The highest BCUT2D eigenvalue weighted by molar-refractivity contribution is 5.88. The van der Waals surface area contributed by atoms with Crippen LogP contribution in [-0.4, -0.2) is 16.2 Å². The van der Waals surface area contributed by atoms with Gasteiger partial charge in [0.15, 0.2) is 23.2 Å². The standard InChI is InChI=1S/C7H2F4O3/c8-2-1(7(13)14)3(9)6(12)5(11)4(2)10/h12H,(H,13,14). The number of carboxylic acids is 1. The molecule has 3 nitrogen and oxygen atoms in total. The Morgan fingerprint density at radius 2 is 1.43 bits per heavy atom. The number of rotatable bonds is 1. The van der Waals surface area contributed by atoms with Crippen LogP contribution in [0.4, 0.5) is 17.6 Å². The first-order valence-electron chi connectivity index (χ1n) is 3.16. The van der Waals surface area contributed by atoms with Gasteiger partial charge >= 0.3 is 5.97 Å². The zero-order chi connectivity index (χ0) is 11.0. The number of halogens is 4. The van der Waals surface area contributed by atoms with Crippen LogP contribution in [0.15, 0.2) is 0 Å². The number of aromatic hydroxyl groups is 1. The molecule has 76 valence electrons. The van der Waals surface area contributed by atoms with E-state index >= 15 is 0 Å². The summed E-state index contributed by atoms with van der Waals surface area (Å²) in [5.74, 6) is -12.6. The minimum atomic E-state index is -2.23. The van der Waals surface area contributed by atoms with Gasteiger partial charge in [-0.1, -0.05) is 0 Å². The van der Waals surface area contributed by atoms with Crippen LogP contribution in [0.1, 0.15) is 10.4 Å². The molecule has 0 bridgehead atoms. The van der Waals surface area contributed by atoms with E-state index in [2.05, 4.69) is 0 Å². The fourth-order valence-corrected chi connectivity index (χ4v) is 0.809. The second-order valence-corrected chi connectivity index (χ2v) is 2.28. The van der Waals surface area contributed by atoms with E-state index in [-0.39, 0.29) is 0 Å². The van der Waals surface area contributed by atoms with Crippen molar-refractivity contribution in [1.29, 1.82) is 0 Å². The molecular weight excluding hydrogens is 208 g/mol. The lowest BCUT2D eigenvalue weighted by atomic mass is 10.1. The van der Waals surface area contributed by atoms with Crippen molar-refractivity contribution in [2.24, 2.45) is 0 Å². The summed E-state index contributed by atoms with van der Waals surface area (Å²) in [5, 5.41) is 16.7. The molecule has 1 aromatic rings. The molecule has 0 unspecified atom stereocenters. The predicted molar refractivity (Wildman–Crippen MR) is 34.9 cm³/mol. The van der Waals surface area contributed by atoms with E-state index in [4.69, 9.17) is 10.2 Å². The van der Waals surface area contributed by atoms with Gasteiger partial charge < -0.3 is 10.2 Å². The Bertz CT molecular complexity index is 387. The molecule has 14 heavy (non-hydrogen) atoms. The molecule has 2 N–H and O–H groups in total. The van der Waals surface area contributed by atoms with Crippen molar-refractivity contribution in [3.63, 3.8) is 0 Å². The summed E-state index contributed by atoms with van der Waals surface area (Å²) < 4.78 is 50.1. The molecule has 0 saturated heterocycles. The third kappa shape index (κ3) is 1.26. The van der Waals surface area contributed by atoms with Crippen LogP contribution in [0.25, 0.3) is 0 Å². The van der Waals surface area contributed by atoms with Gasteiger partial charge in [-0.3, -0.25) is 0 Å². The smallest absolute Gasteiger partial charge is 0.341 e. The van der Waals surface area contributed by atoms with Gasteiger partial charge in [0, 0.05) is 0 Å². The maximum absolute atomic E-state index is 12.7. The number of benzene rings is 1. The first kappa shape index (κ1) is 10.3. The largest absolute Gasteiger partial charge is 0.503 e. The molecular formula is C7H2F4O3. The van der Waals surface area contributed by atoms with Crippen molar-refractivity contribution in [3.05, 3.63) is 28.8 Å². The van der Waals surface area contributed by atoms with E-state index in [0.29, 0.717) is 0 Å². The van der Waals surface area contributed by atoms with E-state index < -0.39 is 40.6 Å². The van der Waals surface area contributed by atoms with Gasteiger partial charge in [-0.05, 0) is 0 Å². The Morgan fingerprint density at radius 1 is 0.929 bits per heavy atom. The number of phenols is 1. The highest BCUT2D eigenvalue weighted by atomic mass is 19.2. The van der Waals surface area contributed by atoms with Crippen molar-refractivity contribution in [1.82, 2.24) is 0 Å². The molecule has 1 rings (SSSR count). The quantitative estimate of drug-likeness (QED) is 0.421. The monoisotopic (exact) mass is 210 g/mol. The highest BCUT2D eigenvalue weighted by Crippen LogP contribution is 2.28. The molecule has 0 aromatic heterocycles. The molecule has 0 saturated carbocycles. The minimum absolute atomic E-state index is 1.73. The Hall–Kier alpha value is -1.79. The molecule has 0 aliphatic carbocycles. The average molecular weight is 210 g/mol. The van der Waals surface area contributed by atoms with Gasteiger partial charge in [0.2, 0.25) is 5.82 Å². The van der Waals surface area contributed by atoms with Crippen LogP contribution in [0, 0.1) is 23.3 Å². The molecule has 0 spiro atoms. The minimum Gasteiger partial charge on any atom is -0.503 e. The third-order valence-corrected chi connectivity index (χ3v) is 1.45. The van der Waals surface area contributed by atoms with E-state index in [0.717, 1.165) is 0 Å². The van der Waals surface area contributed by atoms with Gasteiger partial charge in [0.1, 0.15) is 5.56 Å². The molecule has 0 amide bonds. The Labute approximate surface area is 74.2 Å². The topological polar surface area (TPSA) is 57.5 Å². The number of aromatic carboxylic acids is 1. The van der Waals surface area contributed by atoms with Crippen LogP contribution in [0.3, 0.4) is 0 Å². The molecule has 1 aromatic carbocycles. The zero-order valence-corrected chi connectivity index (χ0v) is 6.31. The zero-order valence-electron chi connectivity index (χ0n) is 6.31. The van der Waals surface area contributed by atoms with Crippen molar-refractivity contribution < 1.29 is 32.6 Å². The maximum atomic E-state index is 12.7. The number of hydrogen-bond donors (Lipinski definition) is 2. The highest BCUT2D eigenvalue weighted by Gasteiger charge is 2.28. The van der Waals surface area contributed by atoms with Crippen LogP contribution in [0.2, 0.25) is 0 Å². The Morgan fingerprint density at radius 3 is 1.86 bits per heavy atom. The molecule has 0 fully saturated rings. The van der Waals surface area contributed by atoms with Crippen molar-refractivity contribution in [2.75, 3.05) is 0 Å². The number of carbonyl (C=O) groups is 1. The van der Waals surface area contributed by atoms with Crippen LogP contribution in [-0.2, 0) is 0 Å². The van der Waals surface area contributed by atoms with Crippen LogP contribution in [0.5, 0.6) is 5.75 Å². The molecule has 7 heteroatoms. The summed E-state index contributed by atoms with van der Waals surface area (Å²) >= 11 is 0. The lowest BCUT2D eigenvalue weighted by Crippen LogP contribution is -2.09. The average Bonchev–Trinajstić information content (AvgIpc) is 2.11. The molecule has 0 radical (unpaired) electrons. The maximum Gasteiger partial charge on any atom is 0.341 e. The van der Waals surface area contributed by atoms with E-state index in [1.807, 2.05) is 0 Å². The fourth-order valence-electron chi connectivity index (χ4n) is 0.809. The van der Waals surface area contributed by atoms with Crippen molar-refractivity contribution >= 4 is 5.97 Å². The number of phenolic OH excluding ortho intramolecular Hbond substituents is 1. The SMILES string of the molecule is O=C(O)c1c(F)c(O)c(F)c(F)c1F. The summed E-state index contributed by atoms with van der Waals surface area (Å²) in [5.41, 5.74) is -1.73. The number of hydrogen-bond acceptors (Lipinski definition) is 2. The summed E-state index contributed by atoms with van der Waals surface area (Å²) in [6.45, 7) is 0. The second kappa shape index (κ2) is 3.17. The van der Waals surface area contributed by atoms with Crippen molar-refractivity contribution in [2.45, 2.75) is 0 Å². The van der Waals surface area contributed by atoms with Gasteiger partial charge in [-0.25, -0.2) is 18.0 Å². The first-order chi connectivity index (χ1) is 6.37. The molecule has 0 atom stereocenters. The molecule has 0 aliphatic heterocycles. The summed E-state index contributed by atoms with van der Waals surface area (Å²) in [7, 11) is 0. The third-order valence-electron chi connectivity index (χ3n) is 1.45. The summed E-state index contributed by atoms with van der Waals surface area (Å²) in [6, 6.07) is 0. The lowest BCUT2D eigenvalue weighted by Gasteiger charge is -2.04. The summed E-state index contributed by atoms with van der Waals surface area (Å²) in [4.78, 5) is 10.2. The normalized spacial score (nSPS) is 10.3. The molecule has 0 aliphatic rings. The van der Waals surface area contributed by atoms with Gasteiger partial charge in [-0.15, -0.1) is 0 Å². The van der Waals surface area contributed by atoms with Crippen molar-refractivity contribution in [3.8, 4) is 5.75 Å². The van der Waals surface area contributed by atoms with E-state index in [1.165, 1.54) is 0 Å². The van der Waals surface area contributed by atoms with E-state index in [1.54, 1.807) is 0 Å². The van der Waals surface area contributed by atoms with Gasteiger partial charge in [0.05, 0.1) is 0 Å². The second-order valence-electron chi connectivity index (χ2n) is 2.28. The summed E-state index contributed by atoms with van der Waals surface area (Å²) in [6.07, 6.45) is 0. The Kier molecular flexibility index (Phi) is 2.33. The Balaban J connectivity index is 3.68. The molecule has 0 heterocycles.